The monoisotopic (exact) mass is 296 g/mol. The molecule has 3 fully saturated rings. The maximum absolute atomic E-state index is 12.4. The van der Waals surface area contributed by atoms with Crippen LogP contribution >= 0.6 is 8.60 Å². The van der Waals surface area contributed by atoms with Gasteiger partial charge in [0.2, 0.25) is 0 Å². The van der Waals surface area contributed by atoms with Crippen molar-refractivity contribution >= 4 is 14.6 Å². The molecule has 0 amide bonds. The number of carbonyl (C=O) groups is 1. The van der Waals surface area contributed by atoms with Crippen molar-refractivity contribution in [2.75, 3.05) is 14.2 Å². The Labute approximate surface area is 120 Å². The van der Waals surface area contributed by atoms with E-state index in [1.165, 1.54) is 27.1 Å². The van der Waals surface area contributed by atoms with Gasteiger partial charge in [-0.05, 0) is 54.8 Å². The van der Waals surface area contributed by atoms with Crippen LogP contribution in [0, 0.1) is 41.4 Å². The largest absolute Gasteiger partial charge is 0.398 e. The summed E-state index contributed by atoms with van der Waals surface area (Å²) in [5.41, 5.74) is 0. The summed E-state index contributed by atoms with van der Waals surface area (Å²) in [6.45, 7) is 0. The van der Waals surface area contributed by atoms with Crippen LogP contribution in [0.5, 0.6) is 0 Å². The molecule has 5 heteroatoms. The summed E-state index contributed by atoms with van der Waals surface area (Å²) in [5.74, 6) is 4.35. The van der Waals surface area contributed by atoms with E-state index in [2.05, 4.69) is 12.2 Å². The molecular formula is C15H21O4P. The van der Waals surface area contributed by atoms with Crippen LogP contribution in [0.2, 0.25) is 0 Å². The SMILES string of the molecule is COP(OC)OC(=O)C1CC2CC1C1C3C=CC(C3)C21. The standard InChI is InChI=1S/C15H21O4P/c1-17-20(18-2)19-15(16)12-7-10-6-11(12)14-9-4-3-8(5-9)13(10)14/h3-4,8-14H,5-7H2,1-2H3. The van der Waals surface area contributed by atoms with Gasteiger partial charge in [-0.3, -0.25) is 4.79 Å². The number of fused-ring (bicyclic) bond motifs is 9. The van der Waals surface area contributed by atoms with Crippen molar-refractivity contribution in [2.24, 2.45) is 41.4 Å². The normalized spacial score (nSPS) is 47.2. The number of hydrogen-bond donors (Lipinski definition) is 0. The minimum Gasteiger partial charge on any atom is -0.394 e. The average molecular weight is 296 g/mol. The van der Waals surface area contributed by atoms with Gasteiger partial charge in [-0.2, -0.15) is 0 Å². The molecule has 0 aromatic carbocycles. The first-order valence-corrected chi connectivity index (χ1v) is 8.61. The molecule has 7 atom stereocenters. The summed E-state index contributed by atoms with van der Waals surface area (Å²) in [5, 5.41) is 0. The van der Waals surface area contributed by atoms with Crippen LogP contribution in [0.25, 0.3) is 0 Å². The molecule has 7 unspecified atom stereocenters. The Morgan fingerprint density at radius 2 is 1.75 bits per heavy atom. The zero-order valence-electron chi connectivity index (χ0n) is 11.9. The summed E-state index contributed by atoms with van der Waals surface area (Å²) in [6.07, 6.45) is 8.38. The molecule has 4 nitrogen and oxygen atoms in total. The first-order valence-electron chi connectivity index (χ1n) is 7.51. The summed E-state index contributed by atoms with van der Waals surface area (Å²) >= 11 is 0. The number of hydrogen-bond acceptors (Lipinski definition) is 4. The lowest BCUT2D eigenvalue weighted by Gasteiger charge is -2.35. The van der Waals surface area contributed by atoms with Gasteiger partial charge in [-0.15, -0.1) is 0 Å². The van der Waals surface area contributed by atoms with E-state index in [0.29, 0.717) is 5.92 Å². The topological polar surface area (TPSA) is 44.8 Å². The first kappa shape index (κ1) is 13.2. The fourth-order valence-electron chi connectivity index (χ4n) is 5.58. The number of carbonyl (C=O) groups excluding carboxylic acids is 1. The van der Waals surface area contributed by atoms with Crippen molar-refractivity contribution in [3.8, 4) is 0 Å². The molecule has 4 aliphatic carbocycles. The van der Waals surface area contributed by atoms with Crippen LogP contribution in [0.4, 0.5) is 0 Å². The minimum absolute atomic E-state index is 0.0734. The van der Waals surface area contributed by atoms with Gasteiger partial charge in [-0.25, -0.2) is 0 Å². The third-order valence-electron chi connectivity index (χ3n) is 6.04. The van der Waals surface area contributed by atoms with Crippen molar-refractivity contribution in [3.63, 3.8) is 0 Å². The van der Waals surface area contributed by atoms with Crippen molar-refractivity contribution in [2.45, 2.75) is 19.3 Å². The highest BCUT2D eigenvalue weighted by Crippen LogP contribution is 2.67. The molecule has 0 aliphatic heterocycles. The molecule has 0 aromatic rings. The maximum atomic E-state index is 12.4. The second-order valence-electron chi connectivity index (χ2n) is 6.60. The Bertz CT molecular complexity index is 447. The molecule has 0 N–H and O–H groups in total. The molecule has 110 valence electrons. The fraction of sp³-hybridized carbons (Fsp3) is 0.800. The number of allylic oxidation sites excluding steroid dienone is 2. The third kappa shape index (κ3) is 1.74. The molecule has 3 saturated carbocycles. The number of rotatable bonds is 4. The van der Waals surface area contributed by atoms with Crippen LogP contribution in [-0.2, 0) is 18.4 Å². The average Bonchev–Trinajstić information content (AvgIpc) is 3.21. The molecule has 0 spiro atoms. The Kier molecular flexibility index (Phi) is 3.17. The van der Waals surface area contributed by atoms with Crippen molar-refractivity contribution in [1.82, 2.24) is 0 Å². The van der Waals surface area contributed by atoms with Gasteiger partial charge in [0.15, 0.2) is 0 Å². The Hall–Kier alpha value is -0.440. The second-order valence-corrected chi connectivity index (χ2v) is 7.96. The third-order valence-corrected chi connectivity index (χ3v) is 6.96. The van der Waals surface area contributed by atoms with Crippen LogP contribution < -0.4 is 0 Å². The van der Waals surface area contributed by atoms with Gasteiger partial charge >= 0.3 is 14.6 Å². The quantitative estimate of drug-likeness (QED) is 0.454. The van der Waals surface area contributed by atoms with Crippen molar-refractivity contribution in [1.29, 1.82) is 0 Å². The van der Waals surface area contributed by atoms with Crippen molar-refractivity contribution < 1.29 is 18.4 Å². The highest BCUT2D eigenvalue weighted by atomic mass is 31.2. The highest BCUT2D eigenvalue weighted by Gasteiger charge is 2.62. The molecule has 4 rings (SSSR count). The van der Waals surface area contributed by atoms with Crippen LogP contribution in [0.3, 0.4) is 0 Å². The van der Waals surface area contributed by atoms with Crippen LogP contribution in [-0.4, -0.2) is 20.2 Å². The molecule has 4 bridgehead atoms. The summed E-state index contributed by atoms with van der Waals surface area (Å²) in [6, 6.07) is 0. The maximum Gasteiger partial charge on any atom is 0.398 e. The smallest absolute Gasteiger partial charge is 0.394 e. The van der Waals surface area contributed by atoms with E-state index in [0.717, 1.165) is 36.0 Å². The fourth-order valence-corrected chi connectivity index (χ4v) is 6.16. The van der Waals surface area contributed by atoms with Crippen molar-refractivity contribution in [3.05, 3.63) is 12.2 Å². The van der Waals surface area contributed by atoms with E-state index in [1.807, 2.05) is 0 Å². The molecular weight excluding hydrogens is 275 g/mol. The van der Waals surface area contributed by atoms with E-state index in [1.54, 1.807) is 0 Å². The van der Waals surface area contributed by atoms with E-state index in [4.69, 9.17) is 13.6 Å². The zero-order chi connectivity index (χ0) is 13.9. The van der Waals surface area contributed by atoms with E-state index in [-0.39, 0.29) is 11.9 Å². The van der Waals surface area contributed by atoms with Gasteiger partial charge < -0.3 is 13.6 Å². The molecule has 0 aromatic heterocycles. The van der Waals surface area contributed by atoms with Gasteiger partial charge in [-0.1, -0.05) is 12.2 Å². The lowest BCUT2D eigenvalue weighted by Crippen LogP contribution is -2.34. The van der Waals surface area contributed by atoms with Crippen LogP contribution in [0.15, 0.2) is 12.2 Å². The first-order chi connectivity index (χ1) is 9.72. The molecule has 0 saturated heterocycles. The Morgan fingerprint density at radius 3 is 2.45 bits per heavy atom. The predicted octanol–water partition coefficient (Wildman–Crippen LogP) is 3.14. The summed E-state index contributed by atoms with van der Waals surface area (Å²) in [7, 11) is 1.52. The van der Waals surface area contributed by atoms with Gasteiger partial charge in [0, 0.05) is 14.2 Å². The summed E-state index contributed by atoms with van der Waals surface area (Å²) in [4.78, 5) is 12.4. The lowest BCUT2D eigenvalue weighted by molar-refractivity contribution is -0.142. The Morgan fingerprint density at radius 1 is 1.05 bits per heavy atom. The minimum atomic E-state index is -1.50. The lowest BCUT2D eigenvalue weighted by atomic mass is 9.69. The highest BCUT2D eigenvalue weighted by molar-refractivity contribution is 7.42. The van der Waals surface area contributed by atoms with Gasteiger partial charge in [0.25, 0.3) is 0 Å². The summed E-state index contributed by atoms with van der Waals surface area (Å²) < 4.78 is 15.4. The second kappa shape index (κ2) is 4.79. The molecule has 4 aliphatic rings. The van der Waals surface area contributed by atoms with Gasteiger partial charge in [0.05, 0.1) is 5.92 Å². The van der Waals surface area contributed by atoms with E-state index in [9.17, 15) is 4.79 Å². The molecule has 20 heavy (non-hydrogen) atoms. The Balaban J connectivity index is 1.48. The zero-order valence-corrected chi connectivity index (χ0v) is 12.8. The van der Waals surface area contributed by atoms with E-state index < -0.39 is 8.60 Å². The van der Waals surface area contributed by atoms with Gasteiger partial charge in [0.1, 0.15) is 0 Å². The molecule has 0 heterocycles. The predicted molar refractivity (Wildman–Crippen MR) is 74.5 cm³/mol. The van der Waals surface area contributed by atoms with E-state index >= 15 is 0 Å². The van der Waals surface area contributed by atoms with Crippen LogP contribution in [0.1, 0.15) is 19.3 Å². The molecule has 0 radical (unpaired) electrons.